The highest BCUT2D eigenvalue weighted by molar-refractivity contribution is 8.01. The fourth-order valence-corrected chi connectivity index (χ4v) is 4.50. The molecule has 166 valence electrons. The molecule has 1 aromatic heterocycles. The van der Waals surface area contributed by atoms with Crippen LogP contribution in [-0.2, 0) is 20.8 Å². The van der Waals surface area contributed by atoms with Crippen LogP contribution in [0.4, 0.5) is 17.1 Å². The molecule has 0 fully saturated rings. The normalized spacial score (nSPS) is 10.5. The van der Waals surface area contributed by atoms with E-state index in [1.54, 1.807) is 41.8 Å². The van der Waals surface area contributed by atoms with E-state index in [-0.39, 0.29) is 29.9 Å². The second kappa shape index (κ2) is 11.1. The first-order valence-electron chi connectivity index (χ1n) is 9.59. The predicted molar refractivity (Wildman–Crippen MR) is 131 cm³/mol. The highest BCUT2D eigenvalue weighted by Gasteiger charge is 2.11. The molecular weight excluding hydrogens is 468 g/mol. The maximum atomic E-state index is 12.3. The molecule has 0 spiro atoms. The number of aryl methyl sites for hydroxylation is 1. The lowest BCUT2D eigenvalue weighted by Gasteiger charge is -2.07. The van der Waals surface area contributed by atoms with E-state index in [1.165, 1.54) is 30.0 Å². The van der Waals surface area contributed by atoms with Crippen molar-refractivity contribution in [3.8, 4) is 0 Å². The molecule has 0 radical (unpaired) electrons. The minimum atomic E-state index is -0.194. The van der Waals surface area contributed by atoms with Crippen LogP contribution in [-0.4, -0.2) is 28.5 Å². The molecule has 0 unspecified atom stereocenters. The van der Waals surface area contributed by atoms with E-state index in [2.05, 4.69) is 20.9 Å². The van der Waals surface area contributed by atoms with Gasteiger partial charge in [-0.3, -0.25) is 14.4 Å². The Morgan fingerprint density at radius 2 is 1.69 bits per heavy atom. The molecule has 0 atom stereocenters. The molecule has 7 nitrogen and oxygen atoms in total. The van der Waals surface area contributed by atoms with Gasteiger partial charge in [-0.05, 0) is 42.8 Å². The van der Waals surface area contributed by atoms with Crippen molar-refractivity contribution in [1.29, 1.82) is 0 Å². The fraction of sp³-hybridized carbons (Fsp3) is 0.182. The highest BCUT2D eigenvalue weighted by atomic mass is 35.5. The maximum absolute atomic E-state index is 12.3. The number of amides is 3. The van der Waals surface area contributed by atoms with Gasteiger partial charge in [-0.25, -0.2) is 4.98 Å². The Bertz CT molecular complexity index is 1150. The standard InChI is InChI=1S/C22H21ClN4O3S2/c1-13-6-7-17(9-19(13)23)25-20(29)10-18-11-31-22(27-18)32-12-21(30)26-16-5-3-4-15(8-16)24-14(2)28/h3-9,11H,10,12H2,1-2H3,(H,24,28)(H,25,29)(H,26,30). The first kappa shape index (κ1) is 23.8. The number of carbonyl (C=O) groups is 3. The van der Waals surface area contributed by atoms with Crippen molar-refractivity contribution in [2.75, 3.05) is 21.7 Å². The summed E-state index contributed by atoms with van der Waals surface area (Å²) in [6.45, 7) is 3.32. The van der Waals surface area contributed by atoms with Crippen molar-refractivity contribution in [1.82, 2.24) is 4.98 Å². The van der Waals surface area contributed by atoms with Gasteiger partial charge in [-0.15, -0.1) is 11.3 Å². The number of nitrogens with one attached hydrogen (secondary N) is 3. The smallest absolute Gasteiger partial charge is 0.234 e. The van der Waals surface area contributed by atoms with Gasteiger partial charge in [0.25, 0.3) is 0 Å². The number of thioether (sulfide) groups is 1. The zero-order chi connectivity index (χ0) is 23.1. The second-order valence-electron chi connectivity index (χ2n) is 6.89. The molecular formula is C22H21ClN4O3S2. The largest absolute Gasteiger partial charge is 0.326 e. The van der Waals surface area contributed by atoms with Crippen molar-refractivity contribution in [2.24, 2.45) is 0 Å². The quantitative estimate of drug-likeness (QED) is 0.388. The topological polar surface area (TPSA) is 100 Å². The summed E-state index contributed by atoms with van der Waals surface area (Å²) in [7, 11) is 0. The van der Waals surface area contributed by atoms with Gasteiger partial charge in [0.05, 0.1) is 17.9 Å². The maximum Gasteiger partial charge on any atom is 0.234 e. The summed E-state index contributed by atoms with van der Waals surface area (Å²) >= 11 is 8.76. The molecule has 3 rings (SSSR count). The zero-order valence-corrected chi connectivity index (χ0v) is 19.8. The number of thiazole rings is 1. The van der Waals surface area contributed by atoms with E-state index in [0.717, 1.165) is 5.56 Å². The van der Waals surface area contributed by atoms with Crippen molar-refractivity contribution in [3.63, 3.8) is 0 Å². The van der Waals surface area contributed by atoms with E-state index in [4.69, 9.17) is 11.6 Å². The zero-order valence-electron chi connectivity index (χ0n) is 17.4. The Morgan fingerprint density at radius 3 is 2.41 bits per heavy atom. The first-order valence-corrected chi connectivity index (χ1v) is 11.8. The van der Waals surface area contributed by atoms with Crippen LogP contribution in [0.2, 0.25) is 5.02 Å². The predicted octanol–water partition coefficient (Wildman–Crippen LogP) is 4.98. The molecule has 32 heavy (non-hydrogen) atoms. The van der Waals surface area contributed by atoms with Crippen LogP contribution in [0.25, 0.3) is 0 Å². The van der Waals surface area contributed by atoms with Gasteiger partial charge >= 0.3 is 0 Å². The van der Waals surface area contributed by atoms with E-state index in [0.29, 0.717) is 32.1 Å². The van der Waals surface area contributed by atoms with E-state index >= 15 is 0 Å². The highest BCUT2D eigenvalue weighted by Crippen LogP contribution is 2.24. The number of rotatable bonds is 8. The summed E-state index contributed by atoms with van der Waals surface area (Å²) in [5.74, 6) is -0.394. The Labute approximate surface area is 199 Å². The summed E-state index contributed by atoms with van der Waals surface area (Å²) < 4.78 is 0.702. The number of carbonyl (C=O) groups excluding carboxylic acids is 3. The van der Waals surface area contributed by atoms with Crippen molar-refractivity contribution in [2.45, 2.75) is 24.6 Å². The minimum Gasteiger partial charge on any atom is -0.326 e. The van der Waals surface area contributed by atoms with Crippen LogP contribution in [0.15, 0.2) is 52.2 Å². The van der Waals surface area contributed by atoms with Gasteiger partial charge < -0.3 is 16.0 Å². The monoisotopic (exact) mass is 488 g/mol. The lowest BCUT2D eigenvalue weighted by atomic mass is 10.2. The fourth-order valence-electron chi connectivity index (χ4n) is 2.68. The molecule has 0 aliphatic carbocycles. The van der Waals surface area contributed by atoms with Crippen LogP contribution < -0.4 is 16.0 Å². The van der Waals surface area contributed by atoms with Gasteiger partial charge in [0, 0.05) is 34.4 Å². The number of hydrogen-bond donors (Lipinski definition) is 3. The van der Waals surface area contributed by atoms with Gasteiger partial charge in [0.2, 0.25) is 17.7 Å². The number of hydrogen-bond acceptors (Lipinski definition) is 6. The van der Waals surface area contributed by atoms with Crippen molar-refractivity contribution < 1.29 is 14.4 Å². The molecule has 3 aromatic rings. The summed E-state index contributed by atoms with van der Waals surface area (Å²) in [5, 5.41) is 10.7. The molecule has 0 saturated carbocycles. The van der Waals surface area contributed by atoms with Gasteiger partial charge in [0.15, 0.2) is 4.34 Å². The van der Waals surface area contributed by atoms with E-state index < -0.39 is 0 Å². The third-order valence-corrected chi connectivity index (χ3v) is 6.60. The lowest BCUT2D eigenvalue weighted by molar-refractivity contribution is -0.116. The molecule has 1 heterocycles. The SMILES string of the molecule is CC(=O)Nc1cccc(NC(=O)CSc2nc(CC(=O)Nc3ccc(C)c(Cl)c3)cs2)c1. The molecule has 10 heteroatoms. The molecule has 2 aromatic carbocycles. The van der Waals surface area contributed by atoms with Crippen LogP contribution in [0, 0.1) is 6.92 Å². The first-order chi connectivity index (χ1) is 15.3. The summed E-state index contributed by atoms with van der Waals surface area (Å²) in [4.78, 5) is 40.1. The Balaban J connectivity index is 1.47. The Kier molecular flexibility index (Phi) is 8.26. The van der Waals surface area contributed by atoms with Crippen LogP contribution in [0.5, 0.6) is 0 Å². The third-order valence-electron chi connectivity index (χ3n) is 4.12. The number of nitrogens with zero attached hydrogens (tertiary/aromatic N) is 1. The molecule has 3 amide bonds. The van der Waals surface area contributed by atoms with Gasteiger partial charge in [0.1, 0.15) is 0 Å². The van der Waals surface area contributed by atoms with Crippen LogP contribution >= 0.6 is 34.7 Å². The summed E-state index contributed by atoms with van der Waals surface area (Å²) in [5.41, 5.74) is 3.41. The number of aromatic nitrogens is 1. The molecule has 0 bridgehead atoms. The third kappa shape index (κ3) is 7.37. The van der Waals surface area contributed by atoms with Crippen LogP contribution in [0.3, 0.4) is 0 Å². The molecule has 0 aliphatic rings. The van der Waals surface area contributed by atoms with E-state index in [9.17, 15) is 14.4 Å². The summed E-state index contributed by atoms with van der Waals surface area (Å²) in [6, 6.07) is 12.3. The van der Waals surface area contributed by atoms with Gasteiger partial charge in [-0.2, -0.15) is 0 Å². The van der Waals surface area contributed by atoms with Crippen molar-refractivity contribution in [3.05, 3.63) is 64.1 Å². The molecule has 0 aliphatic heterocycles. The average Bonchev–Trinajstić information content (AvgIpc) is 3.16. The van der Waals surface area contributed by atoms with E-state index in [1.807, 2.05) is 13.0 Å². The lowest BCUT2D eigenvalue weighted by Crippen LogP contribution is -2.15. The van der Waals surface area contributed by atoms with Gasteiger partial charge in [-0.1, -0.05) is 35.5 Å². The molecule has 0 saturated heterocycles. The average molecular weight is 489 g/mol. The second-order valence-corrected chi connectivity index (χ2v) is 9.38. The Morgan fingerprint density at radius 1 is 1.00 bits per heavy atom. The Hall–Kier alpha value is -2.88. The number of benzene rings is 2. The molecule has 3 N–H and O–H groups in total. The van der Waals surface area contributed by atoms with Crippen molar-refractivity contribution >= 4 is 69.5 Å². The minimum absolute atomic E-state index is 0.130. The number of anilines is 3. The number of halogens is 1. The summed E-state index contributed by atoms with van der Waals surface area (Å²) in [6.07, 6.45) is 0.130. The van der Waals surface area contributed by atoms with Crippen LogP contribution in [0.1, 0.15) is 18.2 Å².